The second kappa shape index (κ2) is 2.50. The van der Waals surface area contributed by atoms with Gasteiger partial charge in [0.15, 0.2) is 0 Å². The molecule has 1 atom stereocenters. The molecule has 1 aromatic rings. The van der Waals surface area contributed by atoms with E-state index in [0.29, 0.717) is 0 Å². The van der Waals surface area contributed by atoms with Gasteiger partial charge in [-0.05, 0) is 30.9 Å². The minimum Gasteiger partial charge on any atom is -0.389 e. The van der Waals surface area contributed by atoms with Gasteiger partial charge < -0.3 is 5.11 Å². The van der Waals surface area contributed by atoms with E-state index in [-0.39, 0.29) is 6.10 Å². The monoisotopic (exact) mass is 142 g/mol. The van der Waals surface area contributed by atoms with Gasteiger partial charge in [0.25, 0.3) is 0 Å². The number of aryl methyl sites for hydroxylation is 1. The van der Waals surface area contributed by atoms with Crippen molar-refractivity contribution in [3.8, 4) is 0 Å². The third-order valence-electron chi connectivity index (χ3n) is 1.35. The molecule has 0 radical (unpaired) electrons. The zero-order valence-corrected chi connectivity index (χ0v) is 6.40. The average molecular weight is 142 g/mol. The Morgan fingerprint density at radius 3 is 2.56 bits per heavy atom. The van der Waals surface area contributed by atoms with Crippen LogP contribution in [0.5, 0.6) is 0 Å². The van der Waals surface area contributed by atoms with Gasteiger partial charge in [-0.3, -0.25) is 0 Å². The molecule has 1 N–H and O–H groups in total. The summed E-state index contributed by atoms with van der Waals surface area (Å²) in [5, 5.41) is 11.1. The van der Waals surface area contributed by atoms with Crippen LogP contribution < -0.4 is 0 Å². The normalized spacial score (nSPS) is 13.7. The maximum atomic E-state index is 9.10. The zero-order valence-electron chi connectivity index (χ0n) is 5.59. The lowest BCUT2D eigenvalue weighted by Crippen LogP contribution is -1.88. The molecule has 0 saturated carbocycles. The van der Waals surface area contributed by atoms with Crippen LogP contribution >= 0.6 is 11.3 Å². The van der Waals surface area contributed by atoms with Gasteiger partial charge in [-0.25, -0.2) is 0 Å². The lowest BCUT2D eigenvalue weighted by atomic mass is 10.2. The van der Waals surface area contributed by atoms with E-state index in [0.717, 1.165) is 5.56 Å². The molecule has 0 saturated heterocycles. The standard InChI is InChI=1S/C7H10OS/c1-5(8)7-3-4-9-6(7)2/h3-5,8H,1-2H3. The van der Waals surface area contributed by atoms with E-state index in [2.05, 4.69) is 0 Å². The van der Waals surface area contributed by atoms with Gasteiger partial charge in [0.2, 0.25) is 0 Å². The fraction of sp³-hybridized carbons (Fsp3) is 0.429. The molecule has 0 amide bonds. The topological polar surface area (TPSA) is 20.2 Å². The van der Waals surface area contributed by atoms with Crippen LogP contribution in [0, 0.1) is 6.92 Å². The molecule has 0 aliphatic rings. The molecule has 1 rings (SSSR count). The quantitative estimate of drug-likeness (QED) is 0.636. The summed E-state index contributed by atoms with van der Waals surface area (Å²) in [6.07, 6.45) is -0.309. The average Bonchev–Trinajstić information content (AvgIpc) is 2.13. The molecule has 1 unspecified atom stereocenters. The van der Waals surface area contributed by atoms with Gasteiger partial charge in [0, 0.05) is 4.88 Å². The van der Waals surface area contributed by atoms with Crippen LogP contribution in [-0.2, 0) is 0 Å². The predicted molar refractivity (Wildman–Crippen MR) is 39.7 cm³/mol. The van der Waals surface area contributed by atoms with Crippen molar-refractivity contribution in [2.45, 2.75) is 20.0 Å². The van der Waals surface area contributed by atoms with Crippen molar-refractivity contribution in [1.29, 1.82) is 0 Å². The fourth-order valence-corrected chi connectivity index (χ4v) is 1.62. The molecule has 0 aromatic carbocycles. The zero-order chi connectivity index (χ0) is 6.85. The van der Waals surface area contributed by atoms with Crippen molar-refractivity contribution in [2.24, 2.45) is 0 Å². The van der Waals surface area contributed by atoms with E-state index in [9.17, 15) is 0 Å². The van der Waals surface area contributed by atoms with E-state index in [4.69, 9.17) is 5.11 Å². The van der Waals surface area contributed by atoms with Crippen molar-refractivity contribution in [3.05, 3.63) is 21.9 Å². The van der Waals surface area contributed by atoms with Gasteiger partial charge in [-0.15, -0.1) is 11.3 Å². The van der Waals surface area contributed by atoms with Gasteiger partial charge in [0.1, 0.15) is 0 Å². The Labute approximate surface area is 59.0 Å². The largest absolute Gasteiger partial charge is 0.389 e. The molecule has 0 bridgehead atoms. The molecule has 2 heteroatoms. The molecule has 1 nitrogen and oxygen atoms in total. The molecule has 9 heavy (non-hydrogen) atoms. The summed E-state index contributed by atoms with van der Waals surface area (Å²) in [4.78, 5) is 1.21. The highest BCUT2D eigenvalue weighted by atomic mass is 32.1. The van der Waals surface area contributed by atoms with Gasteiger partial charge in [0.05, 0.1) is 6.10 Å². The Hall–Kier alpha value is -0.340. The molecule has 0 aliphatic carbocycles. The van der Waals surface area contributed by atoms with Crippen LogP contribution in [0.25, 0.3) is 0 Å². The molecular weight excluding hydrogens is 132 g/mol. The van der Waals surface area contributed by atoms with E-state index in [1.54, 1.807) is 18.3 Å². The first-order chi connectivity index (χ1) is 4.22. The number of hydrogen-bond acceptors (Lipinski definition) is 2. The third kappa shape index (κ3) is 1.32. The van der Waals surface area contributed by atoms with Crippen LogP contribution in [0.2, 0.25) is 0 Å². The smallest absolute Gasteiger partial charge is 0.0772 e. The summed E-state index contributed by atoms with van der Waals surface area (Å²) in [5.74, 6) is 0. The van der Waals surface area contributed by atoms with Crippen molar-refractivity contribution < 1.29 is 5.11 Å². The van der Waals surface area contributed by atoms with Crippen LogP contribution in [0.1, 0.15) is 23.5 Å². The predicted octanol–water partition coefficient (Wildman–Crippen LogP) is 2.11. The maximum absolute atomic E-state index is 9.10. The molecule has 0 spiro atoms. The molecular formula is C7H10OS. The SMILES string of the molecule is Cc1sccc1C(C)O. The first kappa shape index (κ1) is 6.78. The number of thiophene rings is 1. The highest BCUT2D eigenvalue weighted by Crippen LogP contribution is 2.21. The summed E-state index contributed by atoms with van der Waals surface area (Å²) in [7, 11) is 0. The molecule has 1 aromatic heterocycles. The minimum absolute atomic E-state index is 0.309. The number of aliphatic hydroxyl groups is 1. The Bertz CT molecular complexity index is 191. The molecule has 0 fully saturated rings. The summed E-state index contributed by atoms with van der Waals surface area (Å²) in [5.41, 5.74) is 1.06. The third-order valence-corrected chi connectivity index (χ3v) is 2.21. The van der Waals surface area contributed by atoms with Crippen molar-refractivity contribution in [2.75, 3.05) is 0 Å². The van der Waals surface area contributed by atoms with Gasteiger partial charge >= 0.3 is 0 Å². The first-order valence-corrected chi connectivity index (χ1v) is 3.82. The number of hydrogen-bond donors (Lipinski definition) is 1. The highest BCUT2D eigenvalue weighted by molar-refractivity contribution is 7.10. The molecule has 1 heterocycles. The van der Waals surface area contributed by atoms with Gasteiger partial charge in [-0.1, -0.05) is 0 Å². The van der Waals surface area contributed by atoms with E-state index in [1.807, 2.05) is 18.4 Å². The minimum atomic E-state index is -0.309. The summed E-state index contributed by atoms with van der Waals surface area (Å²) < 4.78 is 0. The van der Waals surface area contributed by atoms with Gasteiger partial charge in [-0.2, -0.15) is 0 Å². The van der Waals surface area contributed by atoms with E-state index >= 15 is 0 Å². The molecule has 50 valence electrons. The van der Waals surface area contributed by atoms with Crippen LogP contribution in [0.15, 0.2) is 11.4 Å². The van der Waals surface area contributed by atoms with Crippen LogP contribution in [0.3, 0.4) is 0 Å². The van der Waals surface area contributed by atoms with Crippen molar-refractivity contribution >= 4 is 11.3 Å². The summed E-state index contributed by atoms with van der Waals surface area (Å²) in [6.45, 7) is 3.81. The number of aliphatic hydroxyl groups excluding tert-OH is 1. The van der Waals surface area contributed by atoms with E-state index < -0.39 is 0 Å². The summed E-state index contributed by atoms with van der Waals surface area (Å²) >= 11 is 1.67. The van der Waals surface area contributed by atoms with Crippen molar-refractivity contribution in [1.82, 2.24) is 0 Å². The lowest BCUT2D eigenvalue weighted by molar-refractivity contribution is 0.199. The summed E-state index contributed by atoms with van der Waals surface area (Å²) in [6, 6.07) is 1.96. The second-order valence-electron chi connectivity index (χ2n) is 2.11. The Morgan fingerprint density at radius 2 is 2.33 bits per heavy atom. The fourth-order valence-electron chi connectivity index (χ4n) is 0.828. The van der Waals surface area contributed by atoms with E-state index in [1.165, 1.54) is 4.88 Å². The van der Waals surface area contributed by atoms with Crippen molar-refractivity contribution in [3.63, 3.8) is 0 Å². The van der Waals surface area contributed by atoms with Crippen LogP contribution in [-0.4, -0.2) is 5.11 Å². The Balaban J connectivity index is 2.94. The second-order valence-corrected chi connectivity index (χ2v) is 3.23. The maximum Gasteiger partial charge on any atom is 0.0772 e. The lowest BCUT2D eigenvalue weighted by Gasteiger charge is -2.00. The number of rotatable bonds is 1. The Morgan fingerprint density at radius 1 is 1.67 bits per heavy atom. The Kier molecular flexibility index (Phi) is 1.88. The highest BCUT2D eigenvalue weighted by Gasteiger charge is 2.03. The van der Waals surface area contributed by atoms with Crippen LogP contribution in [0.4, 0.5) is 0 Å². The molecule has 0 aliphatic heterocycles. The first-order valence-electron chi connectivity index (χ1n) is 2.94.